The van der Waals surface area contributed by atoms with Crippen molar-refractivity contribution in [3.63, 3.8) is 0 Å². The van der Waals surface area contributed by atoms with Gasteiger partial charge in [0.2, 0.25) is 11.3 Å². The lowest BCUT2D eigenvalue weighted by atomic mass is 10.1. The number of carbonyl (C=O) groups excluding carboxylic acids is 2. The number of carbonyl (C=O) groups is 2. The van der Waals surface area contributed by atoms with Crippen molar-refractivity contribution in [1.29, 1.82) is 0 Å². The van der Waals surface area contributed by atoms with Crippen molar-refractivity contribution in [1.82, 2.24) is 0 Å². The molecule has 5 rings (SSSR count). The zero-order chi connectivity index (χ0) is 21.5. The number of hydrogen-bond acceptors (Lipinski definition) is 4. The SMILES string of the molecule is C[C@H]1C[C@H]1C(=O)Nc1cccc(C(=O)Nc2ccc3oc4ccccc4c(=O)c3c2)c1. The summed E-state index contributed by atoms with van der Waals surface area (Å²) in [7, 11) is 0. The number of anilines is 2. The number of para-hydroxylation sites is 1. The topological polar surface area (TPSA) is 88.4 Å². The van der Waals surface area contributed by atoms with Gasteiger partial charge in [-0.2, -0.15) is 0 Å². The first kappa shape index (κ1) is 19.1. The van der Waals surface area contributed by atoms with Crippen LogP contribution in [-0.2, 0) is 4.79 Å². The zero-order valence-electron chi connectivity index (χ0n) is 16.8. The molecule has 2 atom stereocenters. The highest BCUT2D eigenvalue weighted by atomic mass is 16.3. The number of nitrogens with one attached hydrogen (secondary N) is 2. The normalized spacial score (nSPS) is 17.5. The van der Waals surface area contributed by atoms with Crippen LogP contribution in [0, 0.1) is 11.8 Å². The van der Waals surface area contributed by atoms with E-state index in [1.807, 2.05) is 13.0 Å². The van der Waals surface area contributed by atoms with Gasteiger partial charge in [-0.1, -0.05) is 25.1 Å². The van der Waals surface area contributed by atoms with Crippen molar-refractivity contribution in [2.75, 3.05) is 10.6 Å². The largest absolute Gasteiger partial charge is 0.456 e. The molecule has 1 fully saturated rings. The summed E-state index contributed by atoms with van der Waals surface area (Å²) in [4.78, 5) is 37.7. The number of fused-ring (bicyclic) bond motifs is 2. The van der Waals surface area contributed by atoms with Crippen LogP contribution in [0.2, 0.25) is 0 Å². The molecule has 1 aromatic heterocycles. The Balaban J connectivity index is 1.39. The molecule has 6 heteroatoms. The molecule has 31 heavy (non-hydrogen) atoms. The van der Waals surface area contributed by atoms with Crippen molar-refractivity contribution < 1.29 is 14.0 Å². The molecule has 0 radical (unpaired) electrons. The third-order valence-electron chi connectivity index (χ3n) is 5.67. The predicted molar refractivity (Wildman–Crippen MR) is 120 cm³/mol. The van der Waals surface area contributed by atoms with E-state index < -0.39 is 0 Å². The smallest absolute Gasteiger partial charge is 0.255 e. The standard InChI is InChI=1S/C25H20N2O4/c1-14-11-19(14)25(30)27-16-6-4-5-15(12-16)24(29)26-17-9-10-22-20(13-17)23(28)18-7-2-3-8-21(18)31-22/h2-10,12-14,19H,11H2,1H3,(H,26,29)(H,27,30)/t14-,19+/m0/s1. The van der Waals surface area contributed by atoms with Gasteiger partial charge >= 0.3 is 0 Å². The molecule has 1 heterocycles. The van der Waals surface area contributed by atoms with E-state index in [1.54, 1.807) is 60.7 Å². The Hall–Kier alpha value is -3.93. The van der Waals surface area contributed by atoms with Gasteiger partial charge in [-0.3, -0.25) is 14.4 Å². The molecule has 3 aromatic carbocycles. The fraction of sp³-hybridized carbons (Fsp3) is 0.160. The molecule has 0 bridgehead atoms. The summed E-state index contributed by atoms with van der Waals surface area (Å²) in [5.41, 5.74) is 2.32. The van der Waals surface area contributed by atoms with Gasteiger partial charge in [-0.25, -0.2) is 0 Å². The van der Waals surface area contributed by atoms with E-state index in [0.29, 0.717) is 44.8 Å². The number of hydrogen-bond donors (Lipinski definition) is 2. The molecule has 2 N–H and O–H groups in total. The summed E-state index contributed by atoms with van der Waals surface area (Å²) < 4.78 is 5.80. The van der Waals surface area contributed by atoms with E-state index in [9.17, 15) is 14.4 Å². The van der Waals surface area contributed by atoms with Gasteiger partial charge in [0, 0.05) is 22.9 Å². The number of benzene rings is 3. The molecule has 1 aliphatic rings. The first-order chi connectivity index (χ1) is 15.0. The van der Waals surface area contributed by atoms with E-state index in [2.05, 4.69) is 10.6 Å². The number of amides is 2. The Kier molecular flexibility index (Phi) is 4.55. The second-order valence-electron chi connectivity index (χ2n) is 7.98. The molecule has 154 valence electrons. The first-order valence-electron chi connectivity index (χ1n) is 10.2. The van der Waals surface area contributed by atoms with Crippen LogP contribution in [-0.4, -0.2) is 11.8 Å². The van der Waals surface area contributed by atoms with Crippen LogP contribution in [0.5, 0.6) is 0 Å². The molecular formula is C25H20N2O4. The minimum Gasteiger partial charge on any atom is -0.456 e. The van der Waals surface area contributed by atoms with Crippen molar-refractivity contribution in [2.24, 2.45) is 11.8 Å². The Bertz CT molecular complexity index is 1410. The van der Waals surface area contributed by atoms with Crippen molar-refractivity contribution >= 4 is 45.1 Å². The lowest BCUT2D eigenvalue weighted by Gasteiger charge is -2.09. The molecule has 0 aliphatic heterocycles. The summed E-state index contributed by atoms with van der Waals surface area (Å²) in [5.74, 6) is 0.117. The van der Waals surface area contributed by atoms with Crippen LogP contribution < -0.4 is 16.1 Å². The lowest BCUT2D eigenvalue weighted by Crippen LogP contribution is -2.16. The van der Waals surface area contributed by atoms with E-state index in [1.165, 1.54) is 0 Å². The van der Waals surface area contributed by atoms with Gasteiger partial charge in [0.15, 0.2) is 0 Å². The van der Waals surface area contributed by atoms with E-state index in [4.69, 9.17) is 4.42 Å². The van der Waals surface area contributed by atoms with Crippen molar-refractivity contribution in [3.8, 4) is 0 Å². The maximum atomic E-state index is 12.8. The summed E-state index contributed by atoms with van der Waals surface area (Å²) in [5, 5.41) is 6.58. The fourth-order valence-corrected chi connectivity index (χ4v) is 3.74. The summed E-state index contributed by atoms with van der Waals surface area (Å²) in [6, 6.07) is 18.8. The summed E-state index contributed by atoms with van der Waals surface area (Å²) >= 11 is 0. The van der Waals surface area contributed by atoms with Gasteiger partial charge in [0.1, 0.15) is 11.2 Å². The molecule has 1 saturated carbocycles. The fourth-order valence-electron chi connectivity index (χ4n) is 3.74. The number of rotatable bonds is 4. The molecular weight excluding hydrogens is 392 g/mol. The highest BCUT2D eigenvalue weighted by Crippen LogP contribution is 2.38. The average molecular weight is 412 g/mol. The second-order valence-corrected chi connectivity index (χ2v) is 7.98. The molecule has 2 amide bonds. The minimum atomic E-state index is -0.333. The van der Waals surface area contributed by atoms with Gasteiger partial charge < -0.3 is 15.1 Å². The van der Waals surface area contributed by atoms with E-state index in [-0.39, 0.29) is 23.2 Å². The van der Waals surface area contributed by atoms with Crippen molar-refractivity contribution in [2.45, 2.75) is 13.3 Å². The molecule has 4 aromatic rings. The molecule has 1 aliphatic carbocycles. The highest BCUT2D eigenvalue weighted by molar-refractivity contribution is 6.06. The molecule has 0 saturated heterocycles. The Morgan fingerprint density at radius 3 is 2.42 bits per heavy atom. The van der Waals surface area contributed by atoms with Gasteiger partial charge in [-0.15, -0.1) is 0 Å². The van der Waals surface area contributed by atoms with Crippen LogP contribution >= 0.6 is 0 Å². The minimum absolute atomic E-state index is 0.0152. The van der Waals surface area contributed by atoms with Crippen LogP contribution in [0.25, 0.3) is 21.9 Å². The quantitative estimate of drug-likeness (QED) is 0.472. The van der Waals surface area contributed by atoms with E-state index >= 15 is 0 Å². The third kappa shape index (κ3) is 3.68. The third-order valence-corrected chi connectivity index (χ3v) is 5.67. The summed E-state index contributed by atoms with van der Waals surface area (Å²) in [6.07, 6.45) is 0.900. The average Bonchev–Trinajstić information content (AvgIpc) is 3.51. The monoisotopic (exact) mass is 412 g/mol. The zero-order valence-corrected chi connectivity index (χ0v) is 16.8. The maximum Gasteiger partial charge on any atom is 0.255 e. The predicted octanol–water partition coefficient (Wildman–Crippen LogP) is 4.79. The van der Waals surface area contributed by atoms with E-state index in [0.717, 1.165) is 6.42 Å². The van der Waals surface area contributed by atoms with Crippen LogP contribution in [0.1, 0.15) is 23.7 Å². The van der Waals surface area contributed by atoms with Gasteiger partial charge in [-0.05, 0) is 60.9 Å². The summed E-state index contributed by atoms with van der Waals surface area (Å²) in [6.45, 7) is 2.04. The van der Waals surface area contributed by atoms with Gasteiger partial charge in [0.05, 0.1) is 10.8 Å². The Morgan fingerprint density at radius 1 is 0.871 bits per heavy atom. The first-order valence-corrected chi connectivity index (χ1v) is 10.2. The maximum absolute atomic E-state index is 12.8. The Labute approximate surface area is 177 Å². The van der Waals surface area contributed by atoms with Crippen molar-refractivity contribution in [3.05, 3.63) is 82.5 Å². The lowest BCUT2D eigenvalue weighted by molar-refractivity contribution is -0.117. The van der Waals surface area contributed by atoms with Crippen LogP contribution in [0.3, 0.4) is 0 Å². The Morgan fingerprint density at radius 2 is 1.61 bits per heavy atom. The molecule has 0 spiro atoms. The molecule has 6 nitrogen and oxygen atoms in total. The second kappa shape index (κ2) is 7.40. The van der Waals surface area contributed by atoms with Crippen LogP contribution in [0.4, 0.5) is 11.4 Å². The van der Waals surface area contributed by atoms with Crippen LogP contribution in [0.15, 0.2) is 75.9 Å². The highest BCUT2D eigenvalue weighted by Gasteiger charge is 2.39. The van der Waals surface area contributed by atoms with Gasteiger partial charge in [0.25, 0.3) is 5.91 Å². The molecule has 0 unspecified atom stereocenters.